The molecule has 0 radical (unpaired) electrons. The van der Waals surface area contributed by atoms with Crippen molar-refractivity contribution < 1.29 is 14.9 Å². The van der Waals surface area contributed by atoms with E-state index >= 15 is 0 Å². The van der Waals surface area contributed by atoms with E-state index in [-0.39, 0.29) is 5.82 Å². The van der Waals surface area contributed by atoms with E-state index in [9.17, 15) is 10.2 Å². The molecule has 4 unspecified atom stereocenters. The summed E-state index contributed by atoms with van der Waals surface area (Å²) in [6, 6.07) is 0. The number of unbranched alkanes of at least 4 members (excludes halogenated alkanes) is 2. The summed E-state index contributed by atoms with van der Waals surface area (Å²) < 4.78 is 7.42. The first kappa shape index (κ1) is 18.9. The van der Waals surface area contributed by atoms with Crippen LogP contribution in [-0.2, 0) is 4.74 Å². The van der Waals surface area contributed by atoms with Crippen molar-refractivity contribution in [1.29, 1.82) is 0 Å². The topological polar surface area (TPSA) is 119 Å². The van der Waals surface area contributed by atoms with Gasteiger partial charge in [0.05, 0.1) is 12.4 Å². The molecule has 3 heterocycles. The fourth-order valence-electron chi connectivity index (χ4n) is 2.85. The maximum atomic E-state index is 10.4. The normalized spacial score (nSPS) is 25.4. The van der Waals surface area contributed by atoms with Gasteiger partial charge in [0.1, 0.15) is 17.7 Å². The number of imidazole rings is 1. The van der Waals surface area contributed by atoms with Gasteiger partial charge >= 0.3 is 0 Å². The number of fused-ring (bicyclic) bond motifs is 1. The van der Waals surface area contributed by atoms with E-state index in [0.29, 0.717) is 22.7 Å². The Kier molecular flexibility index (Phi) is 5.98. The van der Waals surface area contributed by atoms with Crippen molar-refractivity contribution in [2.75, 3.05) is 17.7 Å². The van der Waals surface area contributed by atoms with Crippen LogP contribution in [0.1, 0.15) is 38.2 Å². The average Bonchev–Trinajstić information content (AvgIpc) is 3.16. The summed E-state index contributed by atoms with van der Waals surface area (Å²) in [5.41, 5.74) is 6.83. The number of nitrogens with zero attached hydrogens (tertiary/aromatic N) is 4. The highest BCUT2D eigenvalue weighted by atomic mass is 32.2. The van der Waals surface area contributed by atoms with Gasteiger partial charge < -0.3 is 20.7 Å². The van der Waals surface area contributed by atoms with Crippen LogP contribution in [-0.4, -0.2) is 60.1 Å². The molecule has 1 saturated heterocycles. The van der Waals surface area contributed by atoms with Crippen LogP contribution >= 0.6 is 11.8 Å². The first-order chi connectivity index (χ1) is 12.6. The van der Waals surface area contributed by atoms with Gasteiger partial charge in [0.15, 0.2) is 17.7 Å². The van der Waals surface area contributed by atoms with Crippen molar-refractivity contribution in [3.05, 3.63) is 12.2 Å². The van der Waals surface area contributed by atoms with Crippen molar-refractivity contribution in [2.45, 2.75) is 50.7 Å². The van der Waals surface area contributed by atoms with Gasteiger partial charge in [0.25, 0.3) is 0 Å². The van der Waals surface area contributed by atoms with Gasteiger partial charge in [-0.05, 0) is 18.6 Å². The molecule has 1 aliphatic rings. The van der Waals surface area contributed by atoms with Gasteiger partial charge in [-0.1, -0.05) is 19.3 Å². The Bertz CT molecular complexity index is 831. The first-order valence-corrected chi connectivity index (χ1v) is 9.95. The highest BCUT2D eigenvalue weighted by Gasteiger charge is 2.44. The summed E-state index contributed by atoms with van der Waals surface area (Å²) in [6.07, 6.45) is 2.95. The highest BCUT2D eigenvalue weighted by Crippen LogP contribution is 2.33. The Morgan fingerprint density at radius 1 is 1.35 bits per heavy atom. The van der Waals surface area contributed by atoms with Gasteiger partial charge in [-0.3, -0.25) is 4.57 Å². The summed E-state index contributed by atoms with van der Waals surface area (Å²) in [5.74, 6) is 7.06. The van der Waals surface area contributed by atoms with Crippen LogP contribution in [0.25, 0.3) is 11.2 Å². The van der Waals surface area contributed by atoms with Gasteiger partial charge in [0, 0.05) is 12.2 Å². The van der Waals surface area contributed by atoms with E-state index in [1.807, 2.05) is 6.26 Å². The summed E-state index contributed by atoms with van der Waals surface area (Å²) in [6.45, 7) is 2.10. The minimum atomic E-state index is -1.08. The number of nitrogen functional groups attached to an aromatic ring is 1. The van der Waals surface area contributed by atoms with Crippen molar-refractivity contribution >= 4 is 28.7 Å². The van der Waals surface area contributed by atoms with E-state index in [1.54, 1.807) is 16.3 Å². The molecule has 0 amide bonds. The number of hydrogen-bond acceptors (Lipinski definition) is 8. The third kappa shape index (κ3) is 3.64. The third-order valence-electron chi connectivity index (χ3n) is 4.25. The highest BCUT2D eigenvalue weighted by molar-refractivity contribution is 7.98. The second-order valence-electron chi connectivity index (χ2n) is 6.16. The second-order valence-corrected chi connectivity index (χ2v) is 7.07. The van der Waals surface area contributed by atoms with Gasteiger partial charge in [-0.15, -0.1) is 0 Å². The monoisotopic (exact) mass is 377 g/mol. The minimum absolute atomic E-state index is 0.224. The molecule has 0 bridgehead atoms. The second kappa shape index (κ2) is 8.22. The number of rotatable bonds is 5. The zero-order valence-corrected chi connectivity index (χ0v) is 15.6. The quantitative estimate of drug-likeness (QED) is 0.520. The standard InChI is InChI=1S/C17H23N5O3S/c1-3-4-5-6-7-11-20-15(18)12-16(21-11)22(9-19-12)17-14(24)13(23)10(25-17)8-26-2/h9-10,13-14,17,23-24H,3-5,8H2,1-2H3,(H2,18,20,21). The first-order valence-electron chi connectivity index (χ1n) is 8.56. The number of aromatic nitrogens is 4. The van der Waals surface area contributed by atoms with Crippen molar-refractivity contribution in [2.24, 2.45) is 0 Å². The predicted octanol–water partition coefficient (Wildman–Crippen LogP) is 0.932. The predicted molar refractivity (Wildman–Crippen MR) is 100 cm³/mol. The molecule has 0 aromatic carbocycles. The Labute approximate surface area is 156 Å². The van der Waals surface area contributed by atoms with E-state index in [2.05, 4.69) is 33.7 Å². The number of nitrogens with two attached hydrogens (primary N) is 1. The molecule has 9 heteroatoms. The van der Waals surface area contributed by atoms with Crippen LogP contribution in [0.15, 0.2) is 6.33 Å². The van der Waals surface area contributed by atoms with E-state index in [1.165, 1.54) is 6.33 Å². The number of ether oxygens (including phenoxy) is 1. The Balaban J connectivity index is 1.94. The van der Waals surface area contributed by atoms with Crippen LogP contribution in [0, 0.1) is 11.8 Å². The molecular formula is C17H23N5O3S. The summed E-state index contributed by atoms with van der Waals surface area (Å²) >= 11 is 1.54. The summed E-state index contributed by atoms with van der Waals surface area (Å²) in [7, 11) is 0. The summed E-state index contributed by atoms with van der Waals surface area (Å²) in [5, 5.41) is 20.6. The summed E-state index contributed by atoms with van der Waals surface area (Å²) in [4.78, 5) is 12.8. The fourth-order valence-corrected chi connectivity index (χ4v) is 3.45. The van der Waals surface area contributed by atoms with Gasteiger partial charge in [-0.2, -0.15) is 11.8 Å². The van der Waals surface area contributed by atoms with Crippen LogP contribution in [0.2, 0.25) is 0 Å². The van der Waals surface area contributed by atoms with Gasteiger partial charge in [0.2, 0.25) is 5.82 Å². The van der Waals surface area contributed by atoms with E-state index in [4.69, 9.17) is 10.5 Å². The molecule has 4 N–H and O–H groups in total. The van der Waals surface area contributed by atoms with Crippen LogP contribution in [0.5, 0.6) is 0 Å². The average molecular weight is 377 g/mol. The SMILES string of the molecule is CCCCC#Cc1nc(N)c2ncn(C3OC(CSC)C(O)C3O)c2n1. The lowest BCUT2D eigenvalue weighted by Gasteiger charge is -2.16. The molecule has 26 heavy (non-hydrogen) atoms. The molecule has 2 aromatic rings. The maximum Gasteiger partial charge on any atom is 0.208 e. The zero-order chi connectivity index (χ0) is 18.7. The van der Waals surface area contributed by atoms with Crippen molar-refractivity contribution in [3.63, 3.8) is 0 Å². The smallest absolute Gasteiger partial charge is 0.208 e. The molecule has 140 valence electrons. The number of anilines is 1. The fraction of sp³-hybridized carbons (Fsp3) is 0.588. The Morgan fingerprint density at radius 3 is 2.88 bits per heavy atom. The van der Waals surface area contributed by atoms with E-state index < -0.39 is 24.5 Å². The third-order valence-corrected chi connectivity index (χ3v) is 4.91. The molecule has 4 atom stereocenters. The maximum absolute atomic E-state index is 10.4. The van der Waals surface area contributed by atoms with Crippen LogP contribution in [0.4, 0.5) is 5.82 Å². The molecule has 8 nitrogen and oxygen atoms in total. The molecule has 2 aromatic heterocycles. The molecule has 3 rings (SSSR count). The largest absolute Gasteiger partial charge is 0.387 e. The zero-order valence-electron chi connectivity index (χ0n) is 14.8. The number of hydrogen-bond donors (Lipinski definition) is 3. The Hall–Kier alpha value is -1.86. The molecule has 1 aliphatic heterocycles. The Morgan fingerprint density at radius 2 is 2.15 bits per heavy atom. The lowest BCUT2D eigenvalue weighted by molar-refractivity contribution is -0.0288. The van der Waals surface area contributed by atoms with Gasteiger partial charge in [-0.25, -0.2) is 15.0 Å². The minimum Gasteiger partial charge on any atom is -0.387 e. The molecule has 0 spiro atoms. The van der Waals surface area contributed by atoms with E-state index in [0.717, 1.165) is 19.3 Å². The number of thioether (sulfide) groups is 1. The van der Waals surface area contributed by atoms with Crippen molar-refractivity contribution in [3.8, 4) is 11.8 Å². The lowest BCUT2D eigenvalue weighted by Crippen LogP contribution is -2.32. The number of aliphatic hydroxyl groups excluding tert-OH is 2. The molecule has 1 fully saturated rings. The molecule has 0 saturated carbocycles. The van der Waals surface area contributed by atoms with Crippen LogP contribution in [0.3, 0.4) is 0 Å². The van der Waals surface area contributed by atoms with Crippen LogP contribution < -0.4 is 5.73 Å². The number of aliphatic hydroxyl groups is 2. The lowest BCUT2D eigenvalue weighted by atomic mass is 10.1. The molecular weight excluding hydrogens is 354 g/mol. The molecule has 0 aliphatic carbocycles. The van der Waals surface area contributed by atoms with Crippen molar-refractivity contribution in [1.82, 2.24) is 19.5 Å².